The van der Waals surface area contributed by atoms with Crippen molar-refractivity contribution in [1.82, 2.24) is 9.78 Å². The van der Waals surface area contributed by atoms with Crippen LogP contribution in [0.5, 0.6) is 0 Å². The fraction of sp³-hybridized carbons (Fsp3) is 0.0833. The Labute approximate surface area is 82.8 Å². The van der Waals surface area contributed by atoms with Crippen molar-refractivity contribution in [3.63, 3.8) is 0 Å². The maximum atomic E-state index is 4.37. The summed E-state index contributed by atoms with van der Waals surface area (Å²) in [6.45, 7) is 9.82. The number of nitrogens with zero attached hydrogens (tertiary/aromatic N) is 2. The standard InChI is InChI=1S/C12H12N2/c1-9-10(2)13-14(11(9)3)12-7-5-4-6-8-12/h4-8H,1,3H2,2H3. The average molecular weight is 184 g/mol. The minimum absolute atomic E-state index is 0.855. The molecule has 1 aromatic heterocycles. The SMILES string of the molecule is C=c1c(C)nn(-c2ccccc2)c1=C. The van der Waals surface area contributed by atoms with E-state index in [4.69, 9.17) is 0 Å². The van der Waals surface area contributed by atoms with Crippen LogP contribution in [0.25, 0.3) is 18.8 Å². The fourth-order valence-electron chi connectivity index (χ4n) is 1.39. The summed E-state index contributed by atoms with van der Waals surface area (Å²) < 4.78 is 1.82. The summed E-state index contributed by atoms with van der Waals surface area (Å²) in [6.07, 6.45) is 0. The van der Waals surface area contributed by atoms with Gasteiger partial charge in [-0.25, -0.2) is 4.68 Å². The fourth-order valence-corrected chi connectivity index (χ4v) is 1.39. The zero-order valence-electron chi connectivity index (χ0n) is 8.20. The molecule has 0 radical (unpaired) electrons. The van der Waals surface area contributed by atoms with Gasteiger partial charge in [-0.3, -0.25) is 0 Å². The lowest BCUT2D eigenvalue weighted by Gasteiger charge is -1.99. The Bertz CT molecular complexity index is 538. The molecule has 0 amide bonds. The first-order valence-corrected chi connectivity index (χ1v) is 4.49. The molecule has 14 heavy (non-hydrogen) atoms. The number of aryl methyl sites for hydroxylation is 1. The van der Waals surface area contributed by atoms with Gasteiger partial charge in [0.05, 0.1) is 16.7 Å². The van der Waals surface area contributed by atoms with Gasteiger partial charge in [-0.05, 0) is 19.1 Å². The van der Waals surface area contributed by atoms with Gasteiger partial charge >= 0.3 is 0 Å². The number of hydrogen-bond acceptors (Lipinski definition) is 1. The van der Waals surface area contributed by atoms with Gasteiger partial charge < -0.3 is 0 Å². The summed E-state index contributed by atoms with van der Waals surface area (Å²) in [4.78, 5) is 0. The molecule has 2 heteroatoms. The highest BCUT2D eigenvalue weighted by atomic mass is 15.3. The Balaban J connectivity index is 2.71. The zero-order chi connectivity index (χ0) is 10.1. The molecule has 0 aliphatic rings. The quantitative estimate of drug-likeness (QED) is 0.646. The highest BCUT2D eigenvalue weighted by Gasteiger charge is 2.00. The molecule has 1 heterocycles. The molecule has 0 aliphatic heterocycles. The first kappa shape index (κ1) is 8.75. The van der Waals surface area contributed by atoms with Crippen molar-refractivity contribution in [2.75, 3.05) is 0 Å². The molecular formula is C12H12N2. The van der Waals surface area contributed by atoms with Gasteiger partial charge in [0.2, 0.25) is 0 Å². The molecule has 0 saturated carbocycles. The molecule has 0 spiro atoms. The van der Waals surface area contributed by atoms with Gasteiger partial charge in [-0.1, -0.05) is 31.4 Å². The summed E-state index contributed by atoms with van der Waals surface area (Å²) in [5, 5.41) is 6.14. The lowest BCUT2D eigenvalue weighted by Crippen LogP contribution is -2.26. The molecule has 0 bridgehead atoms. The predicted octanol–water partition coefficient (Wildman–Crippen LogP) is 1.00. The van der Waals surface area contributed by atoms with Crippen LogP contribution in [0.15, 0.2) is 30.3 Å². The Hall–Kier alpha value is -1.83. The molecule has 70 valence electrons. The van der Waals surface area contributed by atoms with Gasteiger partial charge in [0.15, 0.2) is 0 Å². The third-order valence-corrected chi connectivity index (χ3v) is 2.29. The highest BCUT2D eigenvalue weighted by Crippen LogP contribution is 2.00. The first-order valence-electron chi connectivity index (χ1n) is 4.49. The third kappa shape index (κ3) is 1.25. The molecular weight excluding hydrogens is 172 g/mol. The topological polar surface area (TPSA) is 17.8 Å². The van der Waals surface area contributed by atoms with Crippen LogP contribution in [0.4, 0.5) is 0 Å². The molecule has 2 rings (SSSR count). The largest absolute Gasteiger partial charge is 0.233 e. The van der Waals surface area contributed by atoms with Crippen LogP contribution >= 0.6 is 0 Å². The van der Waals surface area contributed by atoms with Gasteiger partial charge in [0, 0.05) is 5.22 Å². The summed E-state index contributed by atoms with van der Waals surface area (Å²) in [5.41, 5.74) is 1.95. The van der Waals surface area contributed by atoms with Crippen molar-refractivity contribution < 1.29 is 0 Å². The number of aromatic nitrogens is 2. The van der Waals surface area contributed by atoms with Crippen LogP contribution < -0.4 is 10.6 Å². The minimum Gasteiger partial charge on any atom is -0.233 e. The molecule has 2 aromatic rings. The second-order valence-electron chi connectivity index (χ2n) is 3.26. The van der Waals surface area contributed by atoms with E-state index in [0.717, 1.165) is 21.9 Å². The van der Waals surface area contributed by atoms with E-state index in [-0.39, 0.29) is 0 Å². The third-order valence-electron chi connectivity index (χ3n) is 2.29. The lowest BCUT2D eigenvalue weighted by molar-refractivity contribution is 0.841. The molecule has 0 saturated heterocycles. The van der Waals surface area contributed by atoms with Gasteiger partial charge in [-0.2, -0.15) is 5.10 Å². The van der Waals surface area contributed by atoms with E-state index in [1.807, 2.05) is 41.9 Å². The van der Waals surface area contributed by atoms with Crippen LogP contribution in [-0.2, 0) is 0 Å². The van der Waals surface area contributed by atoms with E-state index in [1.54, 1.807) is 0 Å². The molecule has 0 aliphatic carbocycles. The van der Waals surface area contributed by atoms with Crippen molar-refractivity contribution >= 4 is 13.2 Å². The molecule has 0 fully saturated rings. The van der Waals surface area contributed by atoms with Crippen molar-refractivity contribution in [2.24, 2.45) is 0 Å². The molecule has 1 aromatic carbocycles. The lowest BCUT2D eigenvalue weighted by atomic mass is 10.3. The monoisotopic (exact) mass is 184 g/mol. The van der Waals surface area contributed by atoms with Crippen LogP contribution in [0.1, 0.15) is 5.69 Å². The Kier molecular flexibility index (Phi) is 1.97. The number of hydrogen-bond donors (Lipinski definition) is 0. The summed E-state index contributed by atoms with van der Waals surface area (Å²) in [7, 11) is 0. The number of benzene rings is 1. The molecule has 0 unspecified atom stereocenters. The average Bonchev–Trinajstić information content (AvgIpc) is 2.47. The van der Waals surface area contributed by atoms with E-state index in [9.17, 15) is 0 Å². The van der Waals surface area contributed by atoms with Crippen molar-refractivity contribution in [2.45, 2.75) is 6.92 Å². The van der Waals surface area contributed by atoms with Crippen LogP contribution in [0.3, 0.4) is 0 Å². The van der Waals surface area contributed by atoms with E-state index < -0.39 is 0 Å². The Morgan fingerprint density at radius 2 is 1.79 bits per heavy atom. The predicted molar refractivity (Wildman–Crippen MR) is 58.6 cm³/mol. The number of rotatable bonds is 1. The summed E-state index contributed by atoms with van der Waals surface area (Å²) in [6, 6.07) is 9.94. The van der Waals surface area contributed by atoms with Gasteiger partial charge in [0.1, 0.15) is 0 Å². The summed E-state index contributed by atoms with van der Waals surface area (Å²) in [5.74, 6) is 0. The van der Waals surface area contributed by atoms with Crippen molar-refractivity contribution in [3.8, 4) is 5.69 Å². The van der Waals surface area contributed by atoms with Crippen molar-refractivity contribution in [3.05, 3.63) is 46.6 Å². The van der Waals surface area contributed by atoms with E-state index in [0.29, 0.717) is 0 Å². The van der Waals surface area contributed by atoms with E-state index in [2.05, 4.69) is 18.3 Å². The second kappa shape index (κ2) is 3.14. The van der Waals surface area contributed by atoms with Crippen LogP contribution in [-0.4, -0.2) is 9.78 Å². The van der Waals surface area contributed by atoms with Crippen LogP contribution in [0, 0.1) is 6.92 Å². The Morgan fingerprint density at radius 3 is 2.29 bits per heavy atom. The first-order chi connectivity index (χ1) is 6.70. The van der Waals surface area contributed by atoms with Crippen LogP contribution in [0.2, 0.25) is 0 Å². The molecule has 0 N–H and O–H groups in total. The molecule has 0 atom stereocenters. The normalized spacial score (nSPS) is 10.4. The number of para-hydroxylation sites is 1. The van der Waals surface area contributed by atoms with Crippen molar-refractivity contribution in [1.29, 1.82) is 0 Å². The molecule has 2 nitrogen and oxygen atoms in total. The maximum absolute atomic E-state index is 4.37. The van der Waals surface area contributed by atoms with E-state index >= 15 is 0 Å². The minimum atomic E-state index is 0.855. The van der Waals surface area contributed by atoms with Gasteiger partial charge in [-0.15, -0.1) is 0 Å². The highest BCUT2D eigenvalue weighted by molar-refractivity contribution is 5.32. The second-order valence-corrected chi connectivity index (χ2v) is 3.26. The zero-order valence-corrected chi connectivity index (χ0v) is 8.20. The Morgan fingerprint density at radius 1 is 1.14 bits per heavy atom. The smallest absolute Gasteiger partial charge is 0.0670 e. The van der Waals surface area contributed by atoms with E-state index in [1.165, 1.54) is 0 Å². The maximum Gasteiger partial charge on any atom is 0.0670 e. The van der Waals surface area contributed by atoms with Gasteiger partial charge in [0.25, 0.3) is 0 Å². The summed E-state index contributed by atoms with van der Waals surface area (Å²) >= 11 is 0.